The van der Waals surface area contributed by atoms with Crippen molar-refractivity contribution in [1.29, 1.82) is 0 Å². The molecule has 0 bridgehead atoms. The summed E-state index contributed by atoms with van der Waals surface area (Å²) >= 11 is 0. The smallest absolute Gasteiger partial charge is 0.245 e. The second-order valence-electron chi connectivity index (χ2n) is 7.09. The summed E-state index contributed by atoms with van der Waals surface area (Å²) in [5, 5.41) is 9.75. The van der Waals surface area contributed by atoms with Crippen molar-refractivity contribution < 1.29 is 14.7 Å². The van der Waals surface area contributed by atoms with Crippen LogP contribution in [0.2, 0.25) is 0 Å². The Hall–Kier alpha value is -1.14. The number of carbonyl (C=O) groups is 2. The molecule has 2 amide bonds. The zero-order chi connectivity index (χ0) is 16.3. The van der Waals surface area contributed by atoms with Gasteiger partial charge in [0.15, 0.2) is 0 Å². The van der Waals surface area contributed by atoms with E-state index in [-0.39, 0.29) is 29.9 Å². The Kier molecular flexibility index (Phi) is 5.45. The number of rotatable bonds is 5. The first kappa shape index (κ1) is 17.2. The highest BCUT2D eigenvalue weighted by molar-refractivity contribution is 5.88. The number of amides is 2. The third-order valence-corrected chi connectivity index (χ3v) is 5.06. The van der Waals surface area contributed by atoms with Crippen LogP contribution >= 0.6 is 0 Å². The standard InChI is InChI=1S/C16H29N3O3/c1-13(19-8-4-5-14(19)21)15(22)18-9-6-16(12-20,7-10-18)11-17(2)3/h13,20H,4-12H2,1-3H3/t13-/m0/s1. The van der Waals surface area contributed by atoms with Gasteiger partial charge in [-0.1, -0.05) is 0 Å². The topological polar surface area (TPSA) is 64.1 Å². The molecule has 126 valence electrons. The Morgan fingerprint density at radius 3 is 2.41 bits per heavy atom. The minimum absolute atomic E-state index is 0.0478. The fourth-order valence-corrected chi connectivity index (χ4v) is 3.71. The van der Waals surface area contributed by atoms with Gasteiger partial charge < -0.3 is 19.8 Å². The largest absolute Gasteiger partial charge is 0.396 e. The van der Waals surface area contributed by atoms with Gasteiger partial charge in [0.2, 0.25) is 11.8 Å². The van der Waals surface area contributed by atoms with Crippen molar-refractivity contribution in [1.82, 2.24) is 14.7 Å². The molecule has 0 saturated carbocycles. The highest BCUT2D eigenvalue weighted by Gasteiger charge is 2.38. The molecule has 6 heteroatoms. The number of aliphatic hydroxyl groups is 1. The maximum absolute atomic E-state index is 12.6. The van der Waals surface area contributed by atoms with Gasteiger partial charge in [-0.2, -0.15) is 0 Å². The third-order valence-electron chi connectivity index (χ3n) is 5.06. The lowest BCUT2D eigenvalue weighted by atomic mass is 9.78. The minimum Gasteiger partial charge on any atom is -0.396 e. The summed E-state index contributed by atoms with van der Waals surface area (Å²) in [7, 11) is 4.02. The van der Waals surface area contributed by atoms with Gasteiger partial charge in [-0.05, 0) is 40.3 Å². The Labute approximate surface area is 133 Å². The van der Waals surface area contributed by atoms with E-state index in [1.165, 1.54) is 0 Å². The number of aliphatic hydroxyl groups excluding tert-OH is 1. The Bertz CT molecular complexity index is 417. The van der Waals surface area contributed by atoms with E-state index in [0.29, 0.717) is 26.1 Å². The third kappa shape index (κ3) is 3.60. The average Bonchev–Trinajstić information content (AvgIpc) is 2.92. The van der Waals surface area contributed by atoms with Crippen LogP contribution in [0.15, 0.2) is 0 Å². The van der Waals surface area contributed by atoms with Crippen molar-refractivity contribution in [3.8, 4) is 0 Å². The van der Waals surface area contributed by atoms with Gasteiger partial charge in [0.05, 0.1) is 6.61 Å². The molecule has 2 rings (SSSR count). The average molecular weight is 311 g/mol. The maximum atomic E-state index is 12.6. The molecule has 2 saturated heterocycles. The fraction of sp³-hybridized carbons (Fsp3) is 0.875. The number of carbonyl (C=O) groups excluding carboxylic acids is 2. The quantitative estimate of drug-likeness (QED) is 0.785. The molecule has 2 fully saturated rings. The minimum atomic E-state index is -0.356. The van der Waals surface area contributed by atoms with Crippen LogP contribution < -0.4 is 0 Å². The zero-order valence-corrected chi connectivity index (χ0v) is 14.0. The van der Waals surface area contributed by atoms with E-state index in [0.717, 1.165) is 25.8 Å². The van der Waals surface area contributed by atoms with Crippen LogP contribution in [0.4, 0.5) is 0 Å². The Morgan fingerprint density at radius 1 is 1.32 bits per heavy atom. The summed E-state index contributed by atoms with van der Waals surface area (Å²) in [6.45, 7) is 4.86. The van der Waals surface area contributed by atoms with E-state index >= 15 is 0 Å². The van der Waals surface area contributed by atoms with Crippen LogP contribution in [-0.2, 0) is 9.59 Å². The molecule has 0 aliphatic carbocycles. The van der Waals surface area contributed by atoms with Gasteiger partial charge in [-0.25, -0.2) is 0 Å². The molecule has 1 atom stereocenters. The van der Waals surface area contributed by atoms with Crippen LogP contribution in [0, 0.1) is 5.41 Å². The van der Waals surface area contributed by atoms with E-state index in [4.69, 9.17) is 0 Å². The molecule has 0 aromatic carbocycles. The highest BCUT2D eigenvalue weighted by atomic mass is 16.3. The predicted molar refractivity (Wildman–Crippen MR) is 84.3 cm³/mol. The molecule has 0 unspecified atom stereocenters. The molecular formula is C16H29N3O3. The van der Waals surface area contributed by atoms with Crippen molar-refractivity contribution in [3.05, 3.63) is 0 Å². The number of hydrogen-bond donors (Lipinski definition) is 1. The van der Waals surface area contributed by atoms with Crippen molar-refractivity contribution in [2.45, 2.75) is 38.6 Å². The molecule has 0 aromatic heterocycles. The lowest BCUT2D eigenvalue weighted by molar-refractivity contribution is -0.145. The summed E-state index contributed by atoms with van der Waals surface area (Å²) in [5.74, 6) is 0.141. The Morgan fingerprint density at radius 2 is 1.95 bits per heavy atom. The van der Waals surface area contributed by atoms with Gasteiger partial charge in [-0.3, -0.25) is 9.59 Å². The van der Waals surface area contributed by atoms with Crippen molar-refractivity contribution in [3.63, 3.8) is 0 Å². The van der Waals surface area contributed by atoms with Crippen LogP contribution in [-0.4, -0.2) is 84.5 Å². The molecule has 0 spiro atoms. The van der Waals surface area contributed by atoms with Crippen LogP contribution in [0.3, 0.4) is 0 Å². The van der Waals surface area contributed by atoms with Crippen LogP contribution in [0.25, 0.3) is 0 Å². The summed E-state index contributed by atoms with van der Waals surface area (Å²) in [6, 6.07) is -0.356. The van der Waals surface area contributed by atoms with Crippen molar-refractivity contribution in [2.75, 3.05) is 46.9 Å². The predicted octanol–water partition coefficient (Wildman–Crippen LogP) is 0.160. The molecule has 0 radical (unpaired) electrons. The van der Waals surface area contributed by atoms with E-state index in [1.807, 2.05) is 25.9 Å². The number of nitrogens with zero attached hydrogens (tertiary/aromatic N) is 3. The molecule has 2 heterocycles. The molecule has 2 aliphatic heterocycles. The van der Waals surface area contributed by atoms with Gasteiger partial charge in [0.25, 0.3) is 0 Å². The second kappa shape index (κ2) is 6.96. The monoisotopic (exact) mass is 311 g/mol. The van der Waals surface area contributed by atoms with E-state index < -0.39 is 0 Å². The fourth-order valence-electron chi connectivity index (χ4n) is 3.71. The lowest BCUT2D eigenvalue weighted by Gasteiger charge is -2.43. The summed E-state index contributed by atoms with van der Waals surface area (Å²) < 4.78 is 0. The molecule has 0 aromatic rings. The van der Waals surface area contributed by atoms with E-state index in [9.17, 15) is 14.7 Å². The zero-order valence-electron chi connectivity index (χ0n) is 14.0. The van der Waals surface area contributed by atoms with E-state index in [1.54, 1.807) is 4.90 Å². The van der Waals surface area contributed by atoms with Gasteiger partial charge in [0, 0.05) is 38.0 Å². The lowest BCUT2D eigenvalue weighted by Crippen LogP contribution is -2.53. The van der Waals surface area contributed by atoms with E-state index in [2.05, 4.69) is 4.90 Å². The molecular weight excluding hydrogens is 282 g/mol. The second-order valence-corrected chi connectivity index (χ2v) is 7.09. The molecule has 6 nitrogen and oxygen atoms in total. The van der Waals surface area contributed by atoms with Crippen molar-refractivity contribution >= 4 is 11.8 Å². The summed E-state index contributed by atoms with van der Waals surface area (Å²) in [5.41, 5.74) is -0.104. The first-order chi connectivity index (χ1) is 10.4. The summed E-state index contributed by atoms with van der Waals surface area (Å²) in [6.07, 6.45) is 3.04. The first-order valence-electron chi connectivity index (χ1n) is 8.22. The van der Waals surface area contributed by atoms with Crippen LogP contribution in [0.1, 0.15) is 32.6 Å². The van der Waals surface area contributed by atoms with Gasteiger partial charge in [0.1, 0.15) is 6.04 Å². The molecule has 2 aliphatic rings. The molecule has 1 N–H and O–H groups in total. The van der Waals surface area contributed by atoms with Crippen LogP contribution in [0.5, 0.6) is 0 Å². The normalized spacial score (nSPS) is 23.2. The maximum Gasteiger partial charge on any atom is 0.245 e. The highest BCUT2D eigenvalue weighted by Crippen LogP contribution is 2.32. The number of likely N-dealkylation sites (tertiary alicyclic amines) is 2. The van der Waals surface area contributed by atoms with Gasteiger partial charge in [-0.15, -0.1) is 0 Å². The summed E-state index contributed by atoms with van der Waals surface area (Å²) in [4.78, 5) is 30.1. The van der Waals surface area contributed by atoms with Gasteiger partial charge >= 0.3 is 0 Å². The number of piperidine rings is 1. The SMILES string of the molecule is C[C@@H](C(=O)N1CCC(CO)(CN(C)C)CC1)N1CCCC1=O. The molecule has 22 heavy (non-hydrogen) atoms. The van der Waals surface area contributed by atoms with Crippen molar-refractivity contribution in [2.24, 2.45) is 5.41 Å². The first-order valence-corrected chi connectivity index (χ1v) is 8.22. The number of hydrogen-bond acceptors (Lipinski definition) is 4. The Balaban J connectivity index is 1.93.